The molecule has 0 bridgehead atoms. The van der Waals surface area contributed by atoms with E-state index in [-0.39, 0.29) is 29.3 Å². The normalized spacial score (nSPS) is 23.7. The average Bonchev–Trinajstić information content (AvgIpc) is 2.32. The van der Waals surface area contributed by atoms with E-state index in [0.717, 1.165) is 18.9 Å². The van der Waals surface area contributed by atoms with E-state index in [0.29, 0.717) is 6.61 Å². The van der Waals surface area contributed by atoms with E-state index in [1.54, 1.807) is 0 Å². The van der Waals surface area contributed by atoms with Crippen molar-refractivity contribution in [3.63, 3.8) is 0 Å². The molecule has 1 aromatic rings. The molecule has 18 heavy (non-hydrogen) atoms. The van der Waals surface area contributed by atoms with Gasteiger partial charge >= 0.3 is 0 Å². The molecule has 1 aliphatic rings. The van der Waals surface area contributed by atoms with E-state index in [9.17, 15) is 9.18 Å². The fourth-order valence-corrected chi connectivity index (χ4v) is 2.12. The van der Waals surface area contributed by atoms with Crippen LogP contribution in [0.3, 0.4) is 0 Å². The maximum Gasteiger partial charge on any atom is 0.253 e. The predicted molar refractivity (Wildman–Crippen MR) is 66.7 cm³/mol. The molecule has 1 saturated heterocycles. The molecule has 2 atom stereocenters. The van der Waals surface area contributed by atoms with Crippen molar-refractivity contribution in [3.05, 3.63) is 29.6 Å². The minimum Gasteiger partial charge on any atom is -0.398 e. The standard InChI is InChI=1S/C13H17FN2O2/c1-8-6-10(4-5-18-8)16-13(17)11-7-9(14)2-3-12(11)15/h2-3,7-8,10H,4-6,15H2,1H3,(H,16,17). The summed E-state index contributed by atoms with van der Waals surface area (Å²) in [6.45, 7) is 2.60. The van der Waals surface area contributed by atoms with Gasteiger partial charge in [0.15, 0.2) is 0 Å². The second kappa shape index (κ2) is 5.35. The van der Waals surface area contributed by atoms with Crippen LogP contribution in [0.15, 0.2) is 18.2 Å². The summed E-state index contributed by atoms with van der Waals surface area (Å²) in [5.41, 5.74) is 6.15. The van der Waals surface area contributed by atoms with Crippen LogP contribution in [-0.2, 0) is 4.74 Å². The van der Waals surface area contributed by atoms with Gasteiger partial charge in [0.05, 0.1) is 11.7 Å². The minimum atomic E-state index is -0.463. The molecule has 1 heterocycles. The molecule has 98 valence electrons. The molecule has 0 saturated carbocycles. The number of nitrogens with two attached hydrogens (primary N) is 1. The first-order valence-corrected chi connectivity index (χ1v) is 6.03. The molecule has 5 heteroatoms. The van der Waals surface area contributed by atoms with Crippen LogP contribution in [0.2, 0.25) is 0 Å². The van der Waals surface area contributed by atoms with Crippen molar-refractivity contribution in [3.8, 4) is 0 Å². The van der Waals surface area contributed by atoms with E-state index in [2.05, 4.69) is 5.32 Å². The summed E-state index contributed by atoms with van der Waals surface area (Å²) in [7, 11) is 0. The Morgan fingerprint density at radius 3 is 3.06 bits per heavy atom. The topological polar surface area (TPSA) is 64.4 Å². The zero-order valence-electron chi connectivity index (χ0n) is 10.3. The summed E-state index contributed by atoms with van der Waals surface area (Å²) in [6, 6.07) is 3.86. The molecule has 0 spiro atoms. The van der Waals surface area contributed by atoms with Crippen molar-refractivity contribution in [2.24, 2.45) is 0 Å². The monoisotopic (exact) mass is 252 g/mol. The van der Waals surface area contributed by atoms with Crippen LogP contribution in [0, 0.1) is 5.82 Å². The second-order valence-corrected chi connectivity index (χ2v) is 4.61. The highest BCUT2D eigenvalue weighted by molar-refractivity contribution is 5.99. The Morgan fingerprint density at radius 1 is 1.56 bits per heavy atom. The third kappa shape index (κ3) is 2.98. The Labute approximate surface area is 105 Å². The molecule has 1 aliphatic heterocycles. The number of benzene rings is 1. The predicted octanol–water partition coefficient (Wildman–Crippen LogP) is 1.71. The van der Waals surface area contributed by atoms with Gasteiger partial charge in [-0.25, -0.2) is 4.39 Å². The van der Waals surface area contributed by atoms with Gasteiger partial charge in [0, 0.05) is 18.3 Å². The molecule has 0 aromatic heterocycles. The third-order valence-corrected chi connectivity index (χ3v) is 3.08. The van der Waals surface area contributed by atoms with Gasteiger partial charge in [-0.15, -0.1) is 0 Å². The number of hydrogen-bond donors (Lipinski definition) is 2. The summed E-state index contributed by atoms with van der Waals surface area (Å²) in [5.74, 6) is -0.791. The number of rotatable bonds is 2. The van der Waals surface area contributed by atoms with Gasteiger partial charge in [0.25, 0.3) is 5.91 Å². The third-order valence-electron chi connectivity index (χ3n) is 3.08. The highest BCUT2D eigenvalue weighted by atomic mass is 19.1. The molecular weight excluding hydrogens is 235 g/mol. The van der Waals surface area contributed by atoms with Crippen LogP contribution >= 0.6 is 0 Å². The number of carbonyl (C=O) groups is 1. The van der Waals surface area contributed by atoms with Gasteiger partial charge < -0.3 is 15.8 Å². The SMILES string of the molecule is CC1CC(NC(=O)c2cc(F)ccc2N)CCO1. The maximum atomic E-state index is 13.1. The van der Waals surface area contributed by atoms with Gasteiger partial charge in [-0.05, 0) is 38.0 Å². The summed E-state index contributed by atoms with van der Waals surface area (Å²) in [6.07, 6.45) is 1.67. The molecule has 0 aliphatic carbocycles. The van der Waals surface area contributed by atoms with Crippen LogP contribution in [0.25, 0.3) is 0 Å². The van der Waals surface area contributed by atoms with E-state index >= 15 is 0 Å². The summed E-state index contributed by atoms with van der Waals surface area (Å²) in [4.78, 5) is 12.0. The van der Waals surface area contributed by atoms with Crippen molar-refractivity contribution in [2.75, 3.05) is 12.3 Å². The van der Waals surface area contributed by atoms with E-state index < -0.39 is 5.82 Å². The number of nitrogen functional groups attached to an aromatic ring is 1. The Hall–Kier alpha value is -1.62. The first-order valence-electron chi connectivity index (χ1n) is 6.03. The average molecular weight is 252 g/mol. The largest absolute Gasteiger partial charge is 0.398 e. The molecule has 3 N–H and O–H groups in total. The van der Waals surface area contributed by atoms with Gasteiger partial charge in [0.1, 0.15) is 5.82 Å². The summed E-state index contributed by atoms with van der Waals surface area (Å²) < 4.78 is 18.5. The highest BCUT2D eigenvalue weighted by Gasteiger charge is 2.22. The molecular formula is C13H17FN2O2. The lowest BCUT2D eigenvalue weighted by Crippen LogP contribution is -2.41. The van der Waals surface area contributed by atoms with Crippen LogP contribution < -0.4 is 11.1 Å². The second-order valence-electron chi connectivity index (χ2n) is 4.61. The number of amides is 1. The van der Waals surface area contributed by atoms with Crippen molar-refractivity contribution in [2.45, 2.75) is 31.9 Å². The van der Waals surface area contributed by atoms with E-state index in [1.807, 2.05) is 6.92 Å². The fourth-order valence-electron chi connectivity index (χ4n) is 2.12. The van der Waals surface area contributed by atoms with Crippen molar-refractivity contribution >= 4 is 11.6 Å². The molecule has 0 radical (unpaired) electrons. The first-order chi connectivity index (χ1) is 8.56. The quantitative estimate of drug-likeness (QED) is 0.787. The zero-order chi connectivity index (χ0) is 13.1. The molecule has 2 rings (SSSR count). The van der Waals surface area contributed by atoms with Crippen LogP contribution in [0.5, 0.6) is 0 Å². The Balaban J connectivity index is 2.05. The Bertz CT molecular complexity index is 451. The number of halogens is 1. The van der Waals surface area contributed by atoms with Gasteiger partial charge in [-0.3, -0.25) is 4.79 Å². The van der Waals surface area contributed by atoms with Gasteiger partial charge in [-0.2, -0.15) is 0 Å². The molecule has 1 amide bonds. The van der Waals surface area contributed by atoms with Gasteiger partial charge in [-0.1, -0.05) is 0 Å². The number of carbonyl (C=O) groups excluding carboxylic acids is 1. The maximum absolute atomic E-state index is 13.1. The van der Waals surface area contributed by atoms with Crippen molar-refractivity contribution in [1.29, 1.82) is 0 Å². The van der Waals surface area contributed by atoms with Gasteiger partial charge in [0.2, 0.25) is 0 Å². The number of anilines is 1. The van der Waals surface area contributed by atoms with Crippen LogP contribution in [0.4, 0.5) is 10.1 Å². The zero-order valence-corrected chi connectivity index (χ0v) is 10.3. The lowest BCUT2D eigenvalue weighted by atomic mass is 10.0. The van der Waals surface area contributed by atoms with E-state index in [1.165, 1.54) is 12.1 Å². The summed E-state index contributed by atoms with van der Waals surface area (Å²) >= 11 is 0. The van der Waals surface area contributed by atoms with Crippen molar-refractivity contribution < 1.29 is 13.9 Å². The molecule has 1 fully saturated rings. The van der Waals surface area contributed by atoms with Crippen LogP contribution in [-0.4, -0.2) is 24.7 Å². The highest BCUT2D eigenvalue weighted by Crippen LogP contribution is 2.16. The molecule has 2 unspecified atom stereocenters. The first kappa shape index (κ1) is 12.8. The number of nitrogens with one attached hydrogen (secondary N) is 1. The number of ether oxygens (including phenoxy) is 1. The lowest BCUT2D eigenvalue weighted by molar-refractivity contribution is 0.0136. The minimum absolute atomic E-state index is 0.0592. The van der Waals surface area contributed by atoms with E-state index in [4.69, 9.17) is 10.5 Å². The lowest BCUT2D eigenvalue weighted by Gasteiger charge is -2.28. The van der Waals surface area contributed by atoms with Crippen molar-refractivity contribution in [1.82, 2.24) is 5.32 Å². The molecule has 4 nitrogen and oxygen atoms in total. The Morgan fingerprint density at radius 2 is 2.33 bits per heavy atom. The number of hydrogen-bond acceptors (Lipinski definition) is 3. The smallest absolute Gasteiger partial charge is 0.253 e. The molecule has 1 aromatic carbocycles. The Kier molecular flexibility index (Phi) is 3.81. The fraction of sp³-hybridized carbons (Fsp3) is 0.462. The summed E-state index contributed by atoms with van der Waals surface area (Å²) in [5, 5.41) is 2.87. The van der Waals surface area contributed by atoms with Crippen LogP contribution in [0.1, 0.15) is 30.1 Å².